The fourth-order valence-electron chi connectivity index (χ4n) is 4.09. The maximum atomic E-state index is 13.0. The van der Waals surface area contributed by atoms with Gasteiger partial charge in [0, 0.05) is 38.0 Å². The summed E-state index contributed by atoms with van der Waals surface area (Å²) in [6.45, 7) is 11.1. The summed E-state index contributed by atoms with van der Waals surface area (Å²) >= 11 is 0. The smallest absolute Gasteiger partial charge is 0.225 e. The molecule has 3 heterocycles. The van der Waals surface area contributed by atoms with E-state index in [1.165, 1.54) is 11.3 Å². The van der Waals surface area contributed by atoms with Gasteiger partial charge in [-0.05, 0) is 30.1 Å². The van der Waals surface area contributed by atoms with Gasteiger partial charge in [-0.15, -0.1) is 0 Å². The third kappa shape index (κ3) is 3.51. The van der Waals surface area contributed by atoms with Gasteiger partial charge in [-0.25, -0.2) is 0 Å². The highest BCUT2D eigenvalue weighted by molar-refractivity contribution is 5.77. The highest BCUT2D eigenvalue weighted by Crippen LogP contribution is 2.36. The van der Waals surface area contributed by atoms with Crippen LogP contribution < -0.4 is 0 Å². The first-order valence-corrected chi connectivity index (χ1v) is 9.07. The van der Waals surface area contributed by atoms with Crippen molar-refractivity contribution in [3.8, 4) is 0 Å². The van der Waals surface area contributed by atoms with Crippen molar-refractivity contribution in [1.29, 1.82) is 0 Å². The van der Waals surface area contributed by atoms with E-state index in [1.54, 1.807) is 0 Å². The molecular formula is C19H31N3O2. The number of carbonyl (C=O) groups is 1. The van der Waals surface area contributed by atoms with Crippen LogP contribution in [0.4, 0.5) is 0 Å². The molecule has 0 aromatic carbocycles. The zero-order valence-electron chi connectivity index (χ0n) is 15.8. The molecule has 1 aromatic heterocycles. The van der Waals surface area contributed by atoms with Crippen LogP contribution in [0.15, 0.2) is 6.20 Å². The Labute approximate surface area is 145 Å². The minimum Gasteiger partial charge on any atom is -0.377 e. The van der Waals surface area contributed by atoms with Gasteiger partial charge in [0.25, 0.3) is 0 Å². The molecule has 5 nitrogen and oxygen atoms in total. The van der Waals surface area contributed by atoms with Crippen LogP contribution in [0.1, 0.15) is 58.2 Å². The van der Waals surface area contributed by atoms with E-state index in [9.17, 15) is 4.79 Å². The van der Waals surface area contributed by atoms with Crippen molar-refractivity contribution in [2.75, 3.05) is 13.2 Å². The Morgan fingerprint density at radius 3 is 2.83 bits per heavy atom. The zero-order valence-corrected chi connectivity index (χ0v) is 15.8. The summed E-state index contributed by atoms with van der Waals surface area (Å²) in [5, 5.41) is 4.39. The van der Waals surface area contributed by atoms with Crippen molar-refractivity contribution in [2.45, 2.75) is 66.0 Å². The Hall–Kier alpha value is -1.36. The standard InChI is InChI=1S/C19H31N3O2/c1-18(2)10-15-14(11-20-21(15)5)12-22(13-18)17(23)9-16-19(3,4)7-6-8-24-16/h11,16H,6-10,12-13H2,1-5H3. The SMILES string of the molecule is Cn1ncc2c1CC(C)(C)CN(C(=O)CC1OCCCC1(C)C)C2. The molecule has 1 unspecified atom stereocenters. The van der Waals surface area contributed by atoms with E-state index in [-0.39, 0.29) is 22.8 Å². The van der Waals surface area contributed by atoms with Crippen molar-refractivity contribution in [3.05, 3.63) is 17.5 Å². The maximum absolute atomic E-state index is 13.0. The molecule has 0 spiro atoms. The van der Waals surface area contributed by atoms with Crippen LogP contribution in [-0.4, -0.2) is 39.8 Å². The van der Waals surface area contributed by atoms with Crippen LogP contribution in [-0.2, 0) is 29.5 Å². The number of fused-ring (bicyclic) bond motifs is 1. The van der Waals surface area contributed by atoms with Crippen molar-refractivity contribution < 1.29 is 9.53 Å². The van der Waals surface area contributed by atoms with Gasteiger partial charge in [-0.2, -0.15) is 5.10 Å². The zero-order chi connectivity index (χ0) is 17.5. The number of hydrogen-bond acceptors (Lipinski definition) is 3. The molecule has 1 aromatic rings. The fourth-order valence-corrected chi connectivity index (χ4v) is 4.09. The monoisotopic (exact) mass is 333 g/mol. The molecule has 1 saturated heterocycles. The quantitative estimate of drug-likeness (QED) is 0.836. The second-order valence-corrected chi connectivity index (χ2v) is 8.99. The molecule has 2 aliphatic rings. The first kappa shape index (κ1) is 17.5. The number of ether oxygens (including phenoxy) is 1. The Balaban J connectivity index is 1.77. The molecule has 134 valence electrons. The number of hydrogen-bond donors (Lipinski definition) is 0. The molecule has 2 aliphatic heterocycles. The second-order valence-electron chi connectivity index (χ2n) is 8.99. The summed E-state index contributed by atoms with van der Waals surface area (Å²) in [6.07, 6.45) is 5.60. The van der Waals surface area contributed by atoms with Gasteiger partial charge in [0.2, 0.25) is 5.91 Å². The van der Waals surface area contributed by atoms with Crippen LogP contribution in [0.2, 0.25) is 0 Å². The summed E-state index contributed by atoms with van der Waals surface area (Å²) < 4.78 is 7.90. The fraction of sp³-hybridized carbons (Fsp3) is 0.789. The maximum Gasteiger partial charge on any atom is 0.225 e. The summed E-state index contributed by atoms with van der Waals surface area (Å²) in [5.41, 5.74) is 2.57. The Kier molecular flexibility index (Phi) is 4.49. The molecule has 1 fully saturated rings. The number of amides is 1. The number of aromatic nitrogens is 2. The van der Waals surface area contributed by atoms with Crippen LogP contribution in [0.5, 0.6) is 0 Å². The van der Waals surface area contributed by atoms with Crippen LogP contribution in [0.3, 0.4) is 0 Å². The largest absolute Gasteiger partial charge is 0.377 e. The predicted molar refractivity (Wildman–Crippen MR) is 93.5 cm³/mol. The molecule has 0 aliphatic carbocycles. The van der Waals surface area contributed by atoms with Gasteiger partial charge in [-0.3, -0.25) is 9.48 Å². The second kappa shape index (κ2) is 6.17. The molecule has 1 atom stereocenters. The lowest BCUT2D eigenvalue weighted by atomic mass is 9.78. The average molecular weight is 333 g/mol. The first-order chi connectivity index (χ1) is 11.2. The van der Waals surface area contributed by atoms with E-state index < -0.39 is 0 Å². The van der Waals surface area contributed by atoms with Gasteiger partial charge >= 0.3 is 0 Å². The lowest BCUT2D eigenvalue weighted by Crippen LogP contribution is -2.43. The molecule has 1 amide bonds. The van der Waals surface area contributed by atoms with Crippen molar-refractivity contribution >= 4 is 5.91 Å². The highest BCUT2D eigenvalue weighted by Gasteiger charge is 2.37. The van der Waals surface area contributed by atoms with Gasteiger partial charge in [0.05, 0.1) is 18.7 Å². The average Bonchev–Trinajstić information content (AvgIpc) is 2.73. The van der Waals surface area contributed by atoms with E-state index in [0.717, 1.165) is 32.4 Å². The van der Waals surface area contributed by atoms with Crippen LogP contribution >= 0.6 is 0 Å². The van der Waals surface area contributed by atoms with Gasteiger partial charge in [0.15, 0.2) is 0 Å². The molecule has 0 radical (unpaired) electrons. The Morgan fingerprint density at radius 2 is 2.12 bits per heavy atom. The highest BCUT2D eigenvalue weighted by atomic mass is 16.5. The summed E-state index contributed by atoms with van der Waals surface area (Å²) in [5.74, 6) is 0.208. The normalized spacial score (nSPS) is 25.9. The van der Waals surface area contributed by atoms with E-state index in [1.807, 2.05) is 22.8 Å². The summed E-state index contributed by atoms with van der Waals surface area (Å²) in [4.78, 5) is 15.0. The van der Waals surface area contributed by atoms with Gasteiger partial charge in [-0.1, -0.05) is 27.7 Å². The lowest BCUT2D eigenvalue weighted by molar-refractivity contribution is -0.142. The Morgan fingerprint density at radius 1 is 1.38 bits per heavy atom. The van der Waals surface area contributed by atoms with E-state index in [4.69, 9.17) is 4.74 Å². The van der Waals surface area contributed by atoms with E-state index >= 15 is 0 Å². The summed E-state index contributed by atoms with van der Waals surface area (Å²) in [6, 6.07) is 0. The van der Waals surface area contributed by atoms with Crippen molar-refractivity contribution in [2.24, 2.45) is 17.9 Å². The molecule has 0 bridgehead atoms. The molecule has 0 saturated carbocycles. The number of rotatable bonds is 2. The van der Waals surface area contributed by atoms with Crippen LogP contribution in [0.25, 0.3) is 0 Å². The first-order valence-electron chi connectivity index (χ1n) is 9.07. The Bertz CT molecular complexity index is 618. The van der Waals surface area contributed by atoms with Crippen molar-refractivity contribution in [3.63, 3.8) is 0 Å². The van der Waals surface area contributed by atoms with Crippen LogP contribution in [0, 0.1) is 10.8 Å². The number of carbonyl (C=O) groups excluding carboxylic acids is 1. The minimum absolute atomic E-state index is 0.0264. The number of aryl methyl sites for hydroxylation is 1. The third-order valence-electron chi connectivity index (χ3n) is 5.64. The number of nitrogens with zero attached hydrogens (tertiary/aromatic N) is 3. The minimum atomic E-state index is 0.0264. The van der Waals surface area contributed by atoms with Crippen molar-refractivity contribution in [1.82, 2.24) is 14.7 Å². The molecule has 3 rings (SSSR count). The molecule has 0 N–H and O–H groups in total. The van der Waals surface area contributed by atoms with Gasteiger partial charge in [0.1, 0.15) is 0 Å². The van der Waals surface area contributed by atoms with Gasteiger partial charge < -0.3 is 9.64 Å². The molecule has 5 heteroatoms. The third-order valence-corrected chi connectivity index (χ3v) is 5.64. The summed E-state index contributed by atoms with van der Waals surface area (Å²) in [7, 11) is 1.99. The lowest BCUT2D eigenvalue weighted by Gasteiger charge is -2.39. The van der Waals surface area contributed by atoms with E-state index in [2.05, 4.69) is 32.8 Å². The van der Waals surface area contributed by atoms with E-state index in [0.29, 0.717) is 13.0 Å². The molecular weight excluding hydrogens is 302 g/mol. The topological polar surface area (TPSA) is 47.4 Å². The predicted octanol–water partition coefficient (Wildman–Crippen LogP) is 2.93. The molecule has 24 heavy (non-hydrogen) atoms.